The predicted octanol–water partition coefficient (Wildman–Crippen LogP) is 5.09. The van der Waals surface area contributed by atoms with Gasteiger partial charge in [0.25, 0.3) is 0 Å². The Bertz CT molecular complexity index is 866. The third kappa shape index (κ3) is 4.43. The van der Waals surface area contributed by atoms with Crippen molar-refractivity contribution < 1.29 is 4.79 Å². The zero-order chi connectivity index (χ0) is 20.1. The molecule has 0 spiro atoms. The second-order valence-corrected chi connectivity index (χ2v) is 8.58. The maximum atomic E-state index is 13.2. The molecule has 2 aliphatic rings. The van der Waals surface area contributed by atoms with Gasteiger partial charge in [-0.25, -0.2) is 0 Å². The lowest BCUT2D eigenvalue weighted by molar-refractivity contribution is 0.103. The first-order chi connectivity index (χ1) is 13.5. The Morgan fingerprint density at radius 1 is 1.32 bits per heavy atom. The van der Waals surface area contributed by atoms with Crippen molar-refractivity contribution >= 4 is 34.5 Å². The third-order valence-electron chi connectivity index (χ3n) is 5.50. The number of hydrogen-bond acceptors (Lipinski definition) is 6. The number of Topliss-reactive ketones (excluding diaryl/α,β-unsaturated/α-hetero) is 1. The summed E-state index contributed by atoms with van der Waals surface area (Å²) in [4.78, 5) is 20.2. The fourth-order valence-electron chi connectivity index (χ4n) is 3.94. The van der Waals surface area contributed by atoms with Crippen LogP contribution in [0.4, 0.5) is 10.7 Å². The molecule has 1 saturated heterocycles. The number of thiophene rings is 1. The zero-order valence-corrected chi connectivity index (χ0v) is 17.6. The highest BCUT2D eigenvalue weighted by atomic mass is 32.1. The minimum absolute atomic E-state index is 0.0192. The van der Waals surface area contributed by atoms with Crippen molar-refractivity contribution in [1.29, 1.82) is 5.26 Å². The van der Waals surface area contributed by atoms with Crippen LogP contribution in [0.15, 0.2) is 27.8 Å². The molecule has 28 heavy (non-hydrogen) atoms. The van der Waals surface area contributed by atoms with Gasteiger partial charge in [-0.15, -0.1) is 11.3 Å². The number of likely N-dealkylation sites (tertiary alicyclic amines) is 1. The lowest BCUT2D eigenvalue weighted by atomic mass is 9.90. The number of ketones is 1. The fraction of sp³-hybridized carbons (Fsp3) is 0.500. The van der Waals surface area contributed by atoms with Gasteiger partial charge in [0, 0.05) is 18.7 Å². The number of anilines is 1. The van der Waals surface area contributed by atoms with E-state index in [-0.39, 0.29) is 5.78 Å². The monoisotopic (exact) mass is 396 g/mol. The number of piperidine rings is 1. The fourth-order valence-corrected chi connectivity index (χ4v) is 5.05. The van der Waals surface area contributed by atoms with Crippen LogP contribution in [0.25, 0.3) is 0 Å². The molecule has 1 fully saturated rings. The van der Waals surface area contributed by atoms with Crippen molar-refractivity contribution in [2.75, 3.05) is 31.5 Å². The van der Waals surface area contributed by atoms with Gasteiger partial charge in [-0.1, -0.05) is 18.1 Å². The number of carbonyl (C=O) groups excluding carboxylic acids is 1. The number of carbonyl (C=O) groups is 1. The molecule has 0 aromatic carbocycles. The Hall–Kier alpha value is -2.23. The molecule has 1 N–H and O–H groups in total. The van der Waals surface area contributed by atoms with E-state index in [0.29, 0.717) is 16.1 Å². The highest BCUT2D eigenvalue weighted by molar-refractivity contribution is 7.19. The van der Waals surface area contributed by atoms with E-state index in [1.165, 1.54) is 36.2 Å². The topological polar surface area (TPSA) is 68.5 Å². The molecule has 2 heterocycles. The molecule has 0 amide bonds. The first-order valence-electron chi connectivity index (χ1n) is 9.96. The molecular weight excluding hydrogens is 368 g/mol. The molecule has 0 bridgehead atoms. The molecule has 3 rings (SSSR count). The largest absolute Gasteiger partial charge is 0.374 e. The molecule has 6 heteroatoms. The van der Waals surface area contributed by atoms with Crippen LogP contribution in [0.5, 0.6) is 0 Å². The average molecular weight is 397 g/mol. The summed E-state index contributed by atoms with van der Waals surface area (Å²) in [5.74, 6) is -0.0192. The van der Waals surface area contributed by atoms with Crippen LogP contribution in [-0.2, 0) is 0 Å². The van der Waals surface area contributed by atoms with Crippen LogP contribution in [0.2, 0.25) is 0 Å². The number of allylic oxidation sites excluding steroid dienone is 4. The summed E-state index contributed by atoms with van der Waals surface area (Å²) in [6, 6.07) is 2.22. The third-order valence-corrected chi connectivity index (χ3v) is 6.64. The summed E-state index contributed by atoms with van der Waals surface area (Å²) in [6.07, 6.45) is 7.54. The molecule has 0 unspecified atom stereocenters. The van der Waals surface area contributed by atoms with Crippen molar-refractivity contribution in [1.82, 2.24) is 4.90 Å². The number of rotatable bonds is 7. The number of hydrogen-bond donors (Lipinski definition) is 1. The molecule has 5 nitrogen and oxygen atoms in total. The number of nitriles is 1. The van der Waals surface area contributed by atoms with E-state index in [0.717, 1.165) is 55.2 Å². The predicted molar refractivity (Wildman–Crippen MR) is 117 cm³/mol. The summed E-state index contributed by atoms with van der Waals surface area (Å²) in [5, 5.41) is 13.8. The van der Waals surface area contributed by atoms with Crippen molar-refractivity contribution in [2.24, 2.45) is 4.99 Å². The number of nitrogens with one attached hydrogen (secondary N) is 1. The highest BCUT2D eigenvalue weighted by Gasteiger charge is 2.26. The first kappa shape index (κ1) is 20.5. The van der Waals surface area contributed by atoms with Crippen LogP contribution in [0, 0.1) is 11.3 Å². The summed E-state index contributed by atoms with van der Waals surface area (Å²) in [6.45, 7) is 11.7. The second kappa shape index (κ2) is 9.31. The van der Waals surface area contributed by atoms with E-state index < -0.39 is 0 Å². The quantitative estimate of drug-likeness (QED) is 0.515. The molecular formula is C22H28N4OS. The van der Waals surface area contributed by atoms with Crippen LogP contribution in [0.3, 0.4) is 0 Å². The summed E-state index contributed by atoms with van der Waals surface area (Å²) in [5.41, 5.74) is 3.98. The van der Waals surface area contributed by atoms with Gasteiger partial charge in [-0.05, 0) is 64.9 Å². The second-order valence-electron chi connectivity index (χ2n) is 7.56. The molecule has 0 saturated carbocycles. The number of nitrogens with zero attached hydrogens (tertiary/aromatic N) is 3. The van der Waals surface area contributed by atoms with Crippen LogP contribution >= 0.6 is 11.3 Å². The SMILES string of the molecule is C=Nc1c(C(=O)C2=C(C)C=C(C)CC2)sc(NCCN2CCCCC2)c1C#N. The van der Waals surface area contributed by atoms with Crippen LogP contribution in [-0.4, -0.2) is 43.6 Å². The van der Waals surface area contributed by atoms with Gasteiger partial charge in [-0.3, -0.25) is 9.79 Å². The zero-order valence-electron chi connectivity index (χ0n) is 16.8. The maximum absolute atomic E-state index is 13.2. The Kier molecular flexibility index (Phi) is 6.82. The van der Waals surface area contributed by atoms with Crippen molar-refractivity contribution in [3.8, 4) is 6.07 Å². The smallest absolute Gasteiger partial charge is 0.201 e. The molecule has 1 aromatic rings. The molecule has 1 aliphatic carbocycles. The summed E-state index contributed by atoms with van der Waals surface area (Å²) in [7, 11) is 0. The van der Waals surface area contributed by atoms with Gasteiger partial charge in [0.15, 0.2) is 0 Å². The molecule has 0 atom stereocenters. The molecule has 0 radical (unpaired) electrons. The minimum Gasteiger partial charge on any atom is -0.374 e. The average Bonchev–Trinajstić information content (AvgIpc) is 3.06. The van der Waals surface area contributed by atoms with Crippen LogP contribution < -0.4 is 5.32 Å². The normalized spacial score (nSPS) is 17.8. The standard InChI is InChI=1S/C22H28N4OS/c1-15-7-8-17(16(2)13-15)20(27)21-19(24-3)18(14-23)22(28-21)25-9-12-26-10-5-4-6-11-26/h13,25H,3-12H2,1-2H3. The lowest BCUT2D eigenvalue weighted by Gasteiger charge is -2.26. The van der Waals surface area contributed by atoms with E-state index >= 15 is 0 Å². The first-order valence-corrected chi connectivity index (χ1v) is 10.8. The van der Waals surface area contributed by atoms with Crippen molar-refractivity contribution in [3.05, 3.63) is 33.2 Å². The Morgan fingerprint density at radius 3 is 2.71 bits per heavy atom. The van der Waals surface area contributed by atoms with Crippen LogP contribution in [0.1, 0.15) is 61.2 Å². The lowest BCUT2D eigenvalue weighted by Crippen LogP contribution is -2.33. The van der Waals surface area contributed by atoms with Crippen molar-refractivity contribution in [3.63, 3.8) is 0 Å². The Morgan fingerprint density at radius 2 is 2.07 bits per heavy atom. The van der Waals surface area contributed by atoms with Crippen molar-refractivity contribution in [2.45, 2.75) is 46.0 Å². The maximum Gasteiger partial charge on any atom is 0.201 e. The molecule has 1 aromatic heterocycles. The number of aliphatic imine (C=N–C) groups is 1. The van der Waals surface area contributed by atoms with Gasteiger partial charge in [0.2, 0.25) is 5.78 Å². The van der Waals surface area contributed by atoms with Gasteiger partial charge in [0.05, 0.1) is 0 Å². The molecule has 1 aliphatic heterocycles. The van der Waals surface area contributed by atoms with Gasteiger partial charge < -0.3 is 10.2 Å². The summed E-state index contributed by atoms with van der Waals surface area (Å²) < 4.78 is 0. The Labute approximate surface area is 171 Å². The summed E-state index contributed by atoms with van der Waals surface area (Å²) >= 11 is 1.34. The van der Waals surface area contributed by atoms with E-state index in [9.17, 15) is 10.1 Å². The minimum atomic E-state index is -0.0192. The van der Waals surface area contributed by atoms with E-state index in [1.807, 2.05) is 6.92 Å². The van der Waals surface area contributed by atoms with Gasteiger partial charge >= 0.3 is 0 Å². The van der Waals surface area contributed by atoms with E-state index in [2.05, 4.69) is 41.0 Å². The van der Waals surface area contributed by atoms with E-state index in [4.69, 9.17) is 0 Å². The van der Waals surface area contributed by atoms with E-state index in [1.54, 1.807) is 0 Å². The Balaban J connectivity index is 1.80. The van der Waals surface area contributed by atoms with Gasteiger partial charge in [-0.2, -0.15) is 5.26 Å². The molecule has 148 valence electrons. The van der Waals surface area contributed by atoms with Gasteiger partial charge in [0.1, 0.15) is 27.2 Å². The highest BCUT2D eigenvalue weighted by Crippen LogP contribution is 2.41.